The molecule has 20 heavy (non-hydrogen) atoms. The number of hydrogen-bond donors (Lipinski definition) is 2. The highest BCUT2D eigenvalue weighted by molar-refractivity contribution is 6.03. The number of nitrogens with one attached hydrogen (secondary N) is 1. The molecule has 0 aliphatic heterocycles. The van der Waals surface area contributed by atoms with Gasteiger partial charge in [0.25, 0.3) is 0 Å². The molecule has 5 heteroatoms. The summed E-state index contributed by atoms with van der Waals surface area (Å²) < 4.78 is 0. The minimum atomic E-state index is -0.244. The molecule has 0 saturated heterocycles. The summed E-state index contributed by atoms with van der Waals surface area (Å²) in [6.45, 7) is 6.70. The van der Waals surface area contributed by atoms with E-state index in [2.05, 4.69) is 36.3 Å². The van der Waals surface area contributed by atoms with Crippen LogP contribution in [0.4, 0.5) is 10.5 Å². The maximum absolute atomic E-state index is 12.3. The van der Waals surface area contributed by atoms with Crippen LogP contribution in [0.1, 0.15) is 31.9 Å². The lowest BCUT2D eigenvalue weighted by atomic mass is 10.0. The van der Waals surface area contributed by atoms with Crippen LogP contribution >= 0.6 is 0 Å². The van der Waals surface area contributed by atoms with Crippen LogP contribution in [0.15, 0.2) is 23.2 Å². The zero-order valence-corrected chi connectivity index (χ0v) is 12.7. The number of carbonyl (C=O) groups is 1. The molecule has 0 saturated carbocycles. The van der Waals surface area contributed by atoms with E-state index < -0.39 is 0 Å². The number of anilines is 1. The predicted octanol–water partition coefficient (Wildman–Crippen LogP) is 2.29. The molecule has 0 aliphatic rings. The van der Waals surface area contributed by atoms with Crippen LogP contribution in [-0.4, -0.2) is 25.6 Å². The molecule has 0 fully saturated rings. The van der Waals surface area contributed by atoms with Gasteiger partial charge in [0.05, 0.1) is 5.69 Å². The highest BCUT2D eigenvalue weighted by Crippen LogP contribution is 2.27. The lowest BCUT2D eigenvalue weighted by molar-refractivity contribution is 0.250. The maximum atomic E-state index is 12.3. The predicted molar refractivity (Wildman–Crippen MR) is 84.3 cm³/mol. The van der Waals surface area contributed by atoms with E-state index in [9.17, 15) is 4.79 Å². The molecule has 0 heterocycles. The Hall–Kier alpha value is -2.04. The SMILES string of the molecule is CCc1cccc(CC)c1N(CC)C(=O)NC(N)=NC. The van der Waals surface area contributed by atoms with Crippen LogP contribution in [0.3, 0.4) is 0 Å². The largest absolute Gasteiger partial charge is 0.370 e. The first-order chi connectivity index (χ1) is 9.58. The van der Waals surface area contributed by atoms with Gasteiger partial charge in [-0.2, -0.15) is 0 Å². The Balaban J connectivity index is 3.20. The smallest absolute Gasteiger partial charge is 0.328 e. The number of carbonyl (C=O) groups excluding carboxylic acids is 1. The van der Waals surface area contributed by atoms with E-state index in [0.717, 1.165) is 29.7 Å². The molecule has 0 atom stereocenters. The third-order valence-electron chi connectivity index (χ3n) is 3.27. The van der Waals surface area contributed by atoms with Gasteiger partial charge >= 0.3 is 6.03 Å². The summed E-state index contributed by atoms with van der Waals surface area (Å²) in [5, 5.41) is 2.60. The van der Waals surface area contributed by atoms with Crippen LogP contribution in [0.25, 0.3) is 0 Å². The molecule has 0 aromatic heterocycles. The van der Waals surface area contributed by atoms with Gasteiger partial charge in [-0.3, -0.25) is 15.2 Å². The Morgan fingerprint density at radius 2 is 1.80 bits per heavy atom. The fourth-order valence-electron chi connectivity index (χ4n) is 2.20. The lowest BCUT2D eigenvalue weighted by Gasteiger charge is -2.26. The first kappa shape index (κ1) is 16.0. The van der Waals surface area contributed by atoms with Crippen molar-refractivity contribution < 1.29 is 4.79 Å². The average Bonchev–Trinajstić information content (AvgIpc) is 2.47. The highest BCUT2D eigenvalue weighted by Gasteiger charge is 2.19. The number of amides is 2. The summed E-state index contributed by atoms with van der Waals surface area (Å²) in [4.78, 5) is 17.8. The molecule has 110 valence electrons. The van der Waals surface area contributed by atoms with Crippen molar-refractivity contribution in [1.29, 1.82) is 0 Å². The van der Waals surface area contributed by atoms with E-state index in [1.807, 2.05) is 13.0 Å². The molecule has 3 N–H and O–H groups in total. The normalized spacial score (nSPS) is 11.3. The topological polar surface area (TPSA) is 70.7 Å². The van der Waals surface area contributed by atoms with E-state index in [1.54, 1.807) is 11.9 Å². The molecule has 0 radical (unpaired) electrons. The van der Waals surface area contributed by atoms with Gasteiger partial charge in [-0.15, -0.1) is 0 Å². The van der Waals surface area contributed by atoms with E-state index >= 15 is 0 Å². The number of rotatable bonds is 4. The summed E-state index contributed by atoms with van der Waals surface area (Å²) in [6, 6.07) is 5.91. The van der Waals surface area contributed by atoms with E-state index in [-0.39, 0.29) is 12.0 Å². The molecular formula is C15H24N4O. The zero-order chi connectivity index (χ0) is 15.1. The number of nitrogens with two attached hydrogens (primary N) is 1. The van der Waals surface area contributed by atoms with E-state index in [4.69, 9.17) is 5.73 Å². The fraction of sp³-hybridized carbons (Fsp3) is 0.467. The van der Waals surface area contributed by atoms with Crippen molar-refractivity contribution in [3.8, 4) is 0 Å². The molecule has 2 amide bonds. The fourth-order valence-corrected chi connectivity index (χ4v) is 2.20. The number of aliphatic imine (C=N–C) groups is 1. The number of guanidine groups is 1. The van der Waals surface area contributed by atoms with Gasteiger partial charge in [0.15, 0.2) is 5.96 Å². The molecule has 0 unspecified atom stereocenters. The molecule has 1 rings (SSSR count). The van der Waals surface area contributed by atoms with Crippen molar-refractivity contribution in [2.24, 2.45) is 10.7 Å². The van der Waals surface area contributed by atoms with Crippen molar-refractivity contribution in [2.45, 2.75) is 33.6 Å². The second-order valence-electron chi connectivity index (χ2n) is 4.42. The highest BCUT2D eigenvalue weighted by atomic mass is 16.2. The van der Waals surface area contributed by atoms with Gasteiger partial charge in [0, 0.05) is 13.6 Å². The second-order valence-corrected chi connectivity index (χ2v) is 4.42. The Labute approximate surface area is 120 Å². The van der Waals surface area contributed by atoms with Crippen LogP contribution in [0.2, 0.25) is 0 Å². The van der Waals surface area contributed by atoms with Crippen LogP contribution in [-0.2, 0) is 12.8 Å². The third-order valence-corrected chi connectivity index (χ3v) is 3.27. The number of urea groups is 1. The quantitative estimate of drug-likeness (QED) is 0.654. The lowest BCUT2D eigenvalue weighted by Crippen LogP contribution is -2.46. The van der Waals surface area contributed by atoms with Crippen molar-refractivity contribution in [3.63, 3.8) is 0 Å². The Kier molecular flexibility index (Phi) is 6.03. The van der Waals surface area contributed by atoms with Crippen molar-refractivity contribution in [2.75, 3.05) is 18.5 Å². The standard InChI is InChI=1S/C15H24N4O/c1-5-11-9-8-10-12(6-2)13(11)19(7-3)15(20)18-14(16)17-4/h8-10H,5-7H2,1-4H3,(H3,16,17,18,20). The Morgan fingerprint density at radius 1 is 1.25 bits per heavy atom. The number of aryl methyl sites for hydroxylation is 2. The van der Waals surface area contributed by atoms with Gasteiger partial charge in [-0.05, 0) is 30.9 Å². The Morgan fingerprint density at radius 3 is 2.20 bits per heavy atom. The minimum Gasteiger partial charge on any atom is -0.370 e. The van der Waals surface area contributed by atoms with Crippen LogP contribution in [0, 0.1) is 0 Å². The first-order valence-electron chi connectivity index (χ1n) is 7.00. The summed E-state index contributed by atoms with van der Waals surface area (Å²) in [5.41, 5.74) is 8.89. The van der Waals surface area contributed by atoms with Gasteiger partial charge < -0.3 is 5.73 Å². The van der Waals surface area contributed by atoms with Crippen molar-refractivity contribution >= 4 is 17.7 Å². The number of hydrogen-bond acceptors (Lipinski definition) is 2. The van der Waals surface area contributed by atoms with Gasteiger partial charge in [0.2, 0.25) is 0 Å². The number of benzene rings is 1. The molecule has 1 aromatic carbocycles. The molecule has 0 bridgehead atoms. The summed E-state index contributed by atoms with van der Waals surface area (Å²) in [5.74, 6) is 0.125. The van der Waals surface area contributed by atoms with Crippen LogP contribution in [0.5, 0.6) is 0 Å². The average molecular weight is 276 g/mol. The van der Waals surface area contributed by atoms with Crippen molar-refractivity contribution in [3.05, 3.63) is 29.3 Å². The van der Waals surface area contributed by atoms with E-state index in [1.165, 1.54) is 0 Å². The molecule has 0 spiro atoms. The number of nitrogens with zero attached hydrogens (tertiary/aromatic N) is 2. The summed E-state index contributed by atoms with van der Waals surface area (Å²) in [6.07, 6.45) is 1.76. The molecule has 5 nitrogen and oxygen atoms in total. The monoisotopic (exact) mass is 276 g/mol. The second kappa shape index (κ2) is 7.53. The maximum Gasteiger partial charge on any atom is 0.328 e. The first-order valence-corrected chi connectivity index (χ1v) is 7.00. The van der Waals surface area contributed by atoms with Gasteiger partial charge in [-0.1, -0.05) is 32.0 Å². The van der Waals surface area contributed by atoms with Crippen LogP contribution < -0.4 is 16.0 Å². The third kappa shape index (κ3) is 3.50. The van der Waals surface area contributed by atoms with E-state index in [0.29, 0.717) is 6.54 Å². The van der Waals surface area contributed by atoms with Gasteiger partial charge in [0.1, 0.15) is 0 Å². The molecule has 1 aromatic rings. The zero-order valence-electron chi connectivity index (χ0n) is 12.7. The van der Waals surface area contributed by atoms with Crippen molar-refractivity contribution in [1.82, 2.24) is 5.32 Å². The Bertz CT molecular complexity index is 474. The number of para-hydroxylation sites is 1. The van der Waals surface area contributed by atoms with Gasteiger partial charge in [-0.25, -0.2) is 4.79 Å². The molecule has 0 aliphatic carbocycles. The summed E-state index contributed by atoms with van der Waals surface area (Å²) >= 11 is 0. The minimum absolute atomic E-state index is 0.125. The molecular weight excluding hydrogens is 252 g/mol. The summed E-state index contributed by atoms with van der Waals surface area (Å²) in [7, 11) is 1.55.